The molecule has 0 radical (unpaired) electrons. The summed E-state index contributed by atoms with van der Waals surface area (Å²) in [7, 11) is 0. The van der Waals surface area contributed by atoms with E-state index in [0.29, 0.717) is 12.1 Å². The number of aromatic amines is 1. The summed E-state index contributed by atoms with van der Waals surface area (Å²) in [5, 5.41) is 12.1. The van der Waals surface area contributed by atoms with Crippen molar-refractivity contribution >= 4 is 5.69 Å². The number of alkyl halides is 3. The van der Waals surface area contributed by atoms with E-state index >= 15 is 0 Å². The Labute approximate surface area is 148 Å². The Bertz CT molecular complexity index is 807. The maximum absolute atomic E-state index is 13.4. The lowest BCUT2D eigenvalue weighted by molar-refractivity contribution is -0.137. The number of nitrogens with zero attached hydrogens (tertiary/aromatic N) is 1. The van der Waals surface area contributed by atoms with E-state index in [1.54, 1.807) is 0 Å². The molecule has 2 heterocycles. The summed E-state index contributed by atoms with van der Waals surface area (Å²) >= 11 is 0. The van der Waals surface area contributed by atoms with Crippen molar-refractivity contribution in [3.05, 3.63) is 34.3 Å². The van der Waals surface area contributed by atoms with Crippen molar-refractivity contribution in [2.75, 3.05) is 25.0 Å². The highest BCUT2D eigenvalue weighted by Gasteiger charge is 2.35. The lowest BCUT2D eigenvalue weighted by Crippen LogP contribution is -2.40. The molecule has 0 spiro atoms. The second-order valence-corrected chi connectivity index (χ2v) is 6.63. The zero-order valence-corrected chi connectivity index (χ0v) is 14.4. The van der Waals surface area contributed by atoms with E-state index in [0.717, 1.165) is 38.4 Å². The lowest BCUT2D eigenvalue weighted by atomic mass is 9.76. The maximum atomic E-state index is 13.4. The van der Waals surface area contributed by atoms with Gasteiger partial charge in [0, 0.05) is 17.8 Å². The fraction of sp³-hybridized carbons (Fsp3) is 0.529. The second-order valence-electron chi connectivity index (χ2n) is 6.63. The van der Waals surface area contributed by atoms with E-state index in [2.05, 4.69) is 27.8 Å². The molecule has 2 aromatic rings. The molecule has 6 nitrogen and oxygen atoms in total. The highest BCUT2D eigenvalue weighted by atomic mass is 19.4. The summed E-state index contributed by atoms with van der Waals surface area (Å²) in [6.07, 6.45) is -1.78. The van der Waals surface area contributed by atoms with Gasteiger partial charge in [0.2, 0.25) is 5.89 Å². The smallest absolute Gasteiger partial charge is 0.388 e. The third kappa shape index (κ3) is 3.92. The topological polar surface area (TPSA) is 83.0 Å². The quantitative estimate of drug-likeness (QED) is 0.753. The molecule has 0 atom stereocenters. The first-order chi connectivity index (χ1) is 12.3. The van der Waals surface area contributed by atoms with Crippen LogP contribution in [0.4, 0.5) is 18.9 Å². The molecular weight excluding hydrogens is 349 g/mol. The molecule has 0 unspecified atom stereocenters. The Morgan fingerprint density at radius 2 is 2.04 bits per heavy atom. The Balaban J connectivity index is 1.90. The molecular formula is C17H21F3N4O2. The number of anilines is 1. The number of benzene rings is 1. The molecule has 0 amide bonds. The van der Waals surface area contributed by atoms with Crippen LogP contribution in [0.15, 0.2) is 27.4 Å². The summed E-state index contributed by atoms with van der Waals surface area (Å²) < 4.78 is 45.0. The summed E-state index contributed by atoms with van der Waals surface area (Å²) in [6, 6.07) is 3.55. The van der Waals surface area contributed by atoms with Crippen molar-refractivity contribution in [3.8, 4) is 11.5 Å². The average molecular weight is 370 g/mol. The number of nitrogens with one attached hydrogen (secondary N) is 3. The van der Waals surface area contributed by atoms with Crippen molar-refractivity contribution in [2.24, 2.45) is 5.41 Å². The van der Waals surface area contributed by atoms with Gasteiger partial charge in [0.05, 0.1) is 5.56 Å². The van der Waals surface area contributed by atoms with Crippen LogP contribution < -0.4 is 16.4 Å². The van der Waals surface area contributed by atoms with Gasteiger partial charge in [-0.3, -0.25) is 0 Å². The highest BCUT2D eigenvalue weighted by Crippen LogP contribution is 2.39. The largest absolute Gasteiger partial charge is 0.434 e. The van der Waals surface area contributed by atoms with Crippen molar-refractivity contribution in [3.63, 3.8) is 0 Å². The first kappa shape index (κ1) is 18.5. The van der Waals surface area contributed by atoms with Gasteiger partial charge in [0.25, 0.3) is 0 Å². The molecule has 3 rings (SSSR count). The first-order valence-electron chi connectivity index (χ1n) is 8.55. The van der Waals surface area contributed by atoms with Crippen LogP contribution in [0.1, 0.15) is 31.7 Å². The van der Waals surface area contributed by atoms with Crippen molar-refractivity contribution < 1.29 is 17.6 Å². The minimum atomic E-state index is -4.49. The second kappa shape index (κ2) is 7.14. The van der Waals surface area contributed by atoms with Gasteiger partial charge in [-0.2, -0.15) is 13.2 Å². The molecule has 1 aromatic carbocycles. The van der Waals surface area contributed by atoms with Crippen LogP contribution in [0.5, 0.6) is 0 Å². The van der Waals surface area contributed by atoms with Crippen LogP contribution in [-0.2, 0) is 6.18 Å². The minimum Gasteiger partial charge on any atom is -0.388 e. The Morgan fingerprint density at radius 3 is 2.62 bits per heavy atom. The number of hydrogen-bond donors (Lipinski definition) is 3. The molecule has 9 heteroatoms. The molecule has 0 aliphatic carbocycles. The molecule has 1 saturated heterocycles. The number of aromatic nitrogens is 2. The summed E-state index contributed by atoms with van der Waals surface area (Å²) in [5.74, 6) is -0.798. The van der Waals surface area contributed by atoms with Crippen molar-refractivity contribution in [1.29, 1.82) is 0 Å². The van der Waals surface area contributed by atoms with Gasteiger partial charge < -0.3 is 15.1 Å². The van der Waals surface area contributed by atoms with Gasteiger partial charge in [0.15, 0.2) is 0 Å². The van der Waals surface area contributed by atoms with E-state index in [9.17, 15) is 18.0 Å². The highest BCUT2D eigenvalue weighted by molar-refractivity contribution is 5.65. The number of rotatable bonds is 5. The molecule has 3 N–H and O–H groups in total. The van der Waals surface area contributed by atoms with Gasteiger partial charge in [0.1, 0.15) is 0 Å². The number of halogens is 3. The maximum Gasteiger partial charge on any atom is 0.434 e. The zero-order valence-electron chi connectivity index (χ0n) is 14.4. The lowest BCUT2D eigenvalue weighted by Gasteiger charge is -2.37. The molecule has 1 fully saturated rings. The van der Waals surface area contributed by atoms with Crippen LogP contribution in [-0.4, -0.2) is 29.8 Å². The molecule has 26 heavy (non-hydrogen) atoms. The van der Waals surface area contributed by atoms with Gasteiger partial charge in [-0.1, -0.05) is 6.92 Å². The molecule has 142 valence electrons. The Kier molecular flexibility index (Phi) is 5.08. The molecule has 1 aliphatic rings. The third-order valence-electron chi connectivity index (χ3n) is 5.08. The summed E-state index contributed by atoms with van der Waals surface area (Å²) in [5.41, 5.74) is -0.524. The standard InChI is InChI=1S/C17H21F3N4O2/c1-2-16(5-7-21-8-6-16)10-22-13-9-11(14-23-24-15(25)26-14)3-4-12(13)17(18,19)20/h3-4,9,21-22H,2,5-8,10H2,1H3,(H,24,25). The minimum absolute atomic E-state index is 0.0352. The van der Waals surface area contributed by atoms with Crippen molar-refractivity contribution in [1.82, 2.24) is 15.5 Å². The number of piperidine rings is 1. The third-order valence-corrected chi connectivity index (χ3v) is 5.08. The summed E-state index contributed by atoms with van der Waals surface area (Å²) in [4.78, 5) is 11.1. The molecule has 1 aliphatic heterocycles. The first-order valence-corrected chi connectivity index (χ1v) is 8.55. The van der Waals surface area contributed by atoms with Crippen molar-refractivity contribution in [2.45, 2.75) is 32.4 Å². The Morgan fingerprint density at radius 1 is 1.31 bits per heavy atom. The Hall–Kier alpha value is -2.29. The van der Waals surface area contributed by atoms with Crippen LogP contribution >= 0.6 is 0 Å². The zero-order chi connectivity index (χ0) is 18.8. The van der Waals surface area contributed by atoms with Crippen LogP contribution in [0.25, 0.3) is 11.5 Å². The average Bonchev–Trinajstić information content (AvgIpc) is 3.06. The number of H-pyrrole nitrogens is 1. The predicted molar refractivity (Wildman–Crippen MR) is 90.9 cm³/mol. The van der Waals surface area contributed by atoms with Gasteiger partial charge >= 0.3 is 11.9 Å². The van der Waals surface area contributed by atoms with Crippen LogP contribution in [0, 0.1) is 5.41 Å². The predicted octanol–water partition coefficient (Wildman–Crippen LogP) is 3.24. The van der Waals surface area contributed by atoms with Gasteiger partial charge in [-0.25, -0.2) is 9.89 Å². The van der Waals surface area contributed by atoms with E-state index in [1.807, 2.05) is 0 Å². The van der Waals surface area contributed by atoms with E-state index < -0.39 is 17.5 Å². The van der Waals surface area contributed by atoms with Gasteiger partial charge in [-0.05, 0) is 56.0 Å². The monoisotopic (exact) mass is 370 g/mol. The SMILES string of the molecule is CCC1(CNc2cc(-c3n[nH]c(=O)o3)ccc2C(F)(F)F)CCNCC1. The van der Waals surface area contributed by atoms with Gasteiger partial charge in [-0.15, -0.1) is 5.10 Å². The molecule has 0 saturated carbocycles. The van der Waals surface area contributed by atoms with E-state index in [4.69, 9.17) is 4.42 Å². The number of hydrogen-bond acceptors (Lipinski definition) is 5. The fourth-order valence-electron chi connectivity index (χ4n) is 3.32. The summed E-state index contributed by atoms with van der Waals surface area (Å²) in [6.45, 7) is 4.23. The van der Waals surface area contributed by atoms with Crippen LogP contribution in [0.3, 0.4) is 0 Å². The molecule has 0 bridgehead atoms. The normalized spacial score (nSPS) is 17.2. The van der Waals surface area contributed by atoms with E-state index in [1.165, 1.54) is 12.1 Å². The van der Waals surface area contributed by atoms with E-state index in [-0.39, 0.29) is 17.0 Å². The van der Waals surface area contributed by atoms with Crippen LogP contribution in [0.2, 0.25) is 0 Å². The fourth-order valence-corrected chi connectivity index (χ4v) is 3.32. The molecule has 1 aromatic heterocycles.